The molecule has 2 heterocycles. The van der Waals surface area contributed by atoms with Gasteiger partial charge in [-0.25, -0.2) is 8.42 Å². The molecule has 6 nitrogen and oxygen atoms in total. The maximum atomic E-state index is 12.0. The first kappa shape index (κ1) is 14.5. The van der Waals surface area contributed by atoms with E-state index in [0.717, 1.165) is 11.3 Å². The Morgan fingerprint density at radius 2 is 2.21 bits per heavy atom. The largest absolute Gasteiger partial charge is 0.381 e. The third-order valence-electron chi connectivity index (χ3n) is 3.41. The van der Waals surface area contributed by atoms with Crippen molar-refractivity contribution in [2.75, 3.05) is 25.5 Å². The van der Waals surface area contributed by atoms with Gasteiger partial charge in [0.1, 0.15) is 0 Å². The van der Waals surface area contributed by atoms with E-state index < -0.39 is 10.0 Å². The number of aryl methyl sites for hydroxylation is 1. The predicted octanol–water partition coefficient (Wildman–Crippen LogP) is 0.706. The van der Waals surface area contributed by atoms with Crippen LogP contribution in [0.1, 0.15) is 31.0 Å². The first-order valence-electron chi connectivity index (χ1n) is 6.56. The quantitative estimate of drug-likeness (QED) is 0.800. The lowest BCUT2D eigenvalue weighted by molar-refractivity contribution is 0.121. The minimum Gasteiger partial charge on any atom is -0.381 e. The van der Waals surface area contributed by atoms with E-state index in [0.29, 0.717) is 26.3 Å². The fraction of sp³-hybridized carbons (Fsp3) is 0.750. The van der Waals surface area contributed by atoms with Crippen molar-refractivity contribution in [3.05, 3.63) is 17.5 Å². The number of hydrogen-bond donors (Lipinski definition) is 0. The molecule has 0 aromatic carbocycles. The topological polar surface area (TPSA) is 64.4 Å². The molecule has 1 aliphatic rings. The second-order valence-electron chi connectivity index (χ2n) is 4.75. The highest BCUT2D eigenvalue weighted by Gasteiger charge is 2.33. The van der Waals surface area contributed by atoms with E-state index in [1.165, 1.54) is 4.31 Å². The molecular formula is C12H21N3O3S. The molecule has 0 saturated heterocycles. The van der Waals surface area contributed by atoms with Crippen LogP contribution in [0.15, 0.2) is 6.20 Å². The normalized spacial score (nSPS) is 20.5. The average molecular weight is 287 g/mol. The second-order valence-corrected chi connectivity index (χ2v) is 7.01. The molecule has 0 saturated carbocycles. The average Bonchev–Trinajstić information content (AvgIpc) is 2.76. The van der Waals surface area contributed by atoms with Gasteiger partial charge in [-0.15, -0.1) is 0 Å². The molecule has 19 heavy (non-hydrogen) atoms. The van der Waals surface area contributed by atoms with Gasteiger partial charge in [0.15, 0.2) is 0 Å². The third-order valence-corrected chi connectivity index (χ3v) is 5.20. The Bertz CT molecular complexity index is 538. The Labute approximate surface area is 114 Å². The number of ether oxygens (including phenoxy) is 1. The van der Waals surface area contributed by atoms with Crippen LogP contribution < -0.4 is 0 Å². The molecule has 0 amide bonds. The van der Waals surface area contributed by atoms with E-state index in [4.69, 9.17) is 4.74 Å². The van der Waals surface area contributed by atoms with Gasteiger partial charge in [0, 0.05) is 37.9 Å². The molecule has 1 aromatic rings. The first-order chi connectivity index (χ1) is 8.97. The fourth-order valence-electron chi connectivity index (χ4n) is 2.39. The van der Waals surface area contributed by atoms with Crippen LogP contribution in [-0.4, -0.2) is 48.0 Å². The van der Waals surface area contributed by atoms with Crippen molar-refractivity contribution < 1.29 is 13.2 Å². The summed E-state index contributed by atoms with van der Waals surface area (Å²) in [5.74, 6) is 0.190. The molecule has 0 spiro atoms. The van der Waals surface area contributed by atoms with E-state index in [9.17, 15) is 8.42 Å². The lowest BCUT2D eigenvalue weighted by Gasteiger charge is -2.30. The molecule has 0 unspecified atom stereocenters. The van der Waals surface area contributed by atoms with E-state index >= 15 is 0 Å². The number of hydrogen-bond acceptors (Lipinski definition) is 4. The zero-order valence-corrected chi connectivity index (χ0v) is 12.5. The third kappa shape index (κ3) is 2.98. The summed E-state index contributed by atoms with van der Waals surface area (Å²) in [5, 5.41) is 4.36. The van der Waals surface area contributed by atoms with E-state index in [1.807, 2.05) is 20.2 Å². The minimum atomic E-state index is -3.18. The van der Waals surface area contributed by atoms with Gasteiger partial charge in [0.2, 0.25) is 10.0 Å². The van der Waals surface area contributed by atoms with Crippen molar-refractivity contribution in [2.24, 2.45) is 7.05 Å². The van der Waals surface area contributed by atoms with E-state index in [1.54, 1.807) is 11.6 Å². The molecule has 1 aliphatic heterocycles. The highest BCUT2D eigenvalue weighted by Crippen LogP contribution is 2.29. The zero-order chi connectivity index (χ0) is 14.0. The highest BCUT2D eigenvalue weighted by molar-refractivity contribution is 7.89. The number of nitrogens with zero attached hydrogens (tertiary/aromatic N) is 3. The van der Waals surface area contributed by atoms with Crippen LogP contribution in [0, 0.1) is 0 Å². The van der Waals surface area contributed by atoms with Crippen LogP contribution in [-0.2, 0) is 28.4 Å². The zero-order valence-electron chi connectivity index (χ0n) is 11.7. The molecule has 2 rings (SSSR count). The molecule has 0 bridgehead atoms. The van der Waals surface area contributed by atoms with Crippen LogP contribution in [0.3, 0.4) is 0 Å². The fourth-order valence-corrected chi connectivity index (χ4v) is 3.48. The van der Waals surface area contributed by atoms with Crippen molar-refractivity contribution in [3.63, 3.8) is 0 Å². The number of fused-ring (bicyclic) bond motifs is 1. The molecular weight excluding hydrogens is 266 g/mol. The van der Waals surface area contributed by atoms with Gasteiger partial charge >= 0.3 is 0 Å². The monoisotopic (exact) mass is 287 g/mol. The van der Waals surface area contributed by atoms with E-state index in [2.05, 4.69) is 5.10 Å². The summed E-state index contributed by atoms with van der Waals surface area (Å²) < 4.78 is 32.8. The van der Waals surface area contributed by atoms with Crippen LogP contribution in [0.2, 0.25) is 0 Å². The van der Waals surface area contributed by atoms with Crippen LogP contribution in [0.4, 0.5) is 0 Å². The SMILES string of the molecule is CCOC[C@H]1CN(S(=O)(=O)CC)Cc2nn(C)cc21. The van der Waals surface area contributed by atoms with Crippen molar-refractivity contribution in [3.8, 4) is 0 Å². The number of rotatable bonds is 5. The Kier molecular flexibility index (Phi) is 4.27. The maximum Gasteiger partial charge on any atom is 0.214 e. The molecule has 0 fully saturated rings. The smallest absolute Gasteiger partial charge is 0.214 e. The van der Waals surface area contributed by atoms with Gasteiger partial charge in [-0.3, -0.25) is 4.68 Å². The second kappa shape index (κ2) is 5.60. The molecule has 0 N–H and O–H groups in total. The Morgan fingerprint density at radius 3 is 2.84 bits per heavy atom. The van der Waals surface area contributed by atoms with Gasteiger partial charge in [-0.2, -0.15) is 9.40 Å². The molecule has 0 radical (unpaired) electrons. The highest BCUT2D eigenvalue weighted by atomic mass is 32.2. The van der Waals surface area contributed by atoms with Gasteiger partial charge < -0.3 is 4.74 Å². The molecule has 1 aromatic heterocycles. The lowest BCUT2D eigenvalue weighted by Crippen LogP contribution is -2.40. The van der Waals surface area contributed by atoms with Crippen molar-refractivity contribution in [1.82, 2.24) is 14.1 Å². The van der Waals surface area contributed by atoms with Crippen molar-refractivity contribution >= 4 is 10.0 Å². The first-order valence-corrected chi connectivity index (χ1v) is 8.16. The lowest BCUT2D eigenvalue weighted by atomic mass is 9.97. The Hall–Kier alpha value is -0.920. The Balaban J connectivity index is 2.28. The maximum absolute atomic E-state index is 12.0. The molecule has 108 valence electrons. The minimum absolute atomic E-state index is 0.0683. The standard InChI is InChI=1S/C12H21N3O3S/c1-4-18-9-10-6-15(19(16,17)5-2)8-12-11(10)7-14(3)13-12/h7,10H,4-6,8-9H2,1-3H3/t10-/m1/s1. The summed E-state index contributed by atoms with van der Waals surface area (Å²) in [5.41, 5.74) is 1.95. The summed E-state index contributed by atoms with van der Waals surface area (Å²) >= 11 is 0. The van der Waals surface area contributed by atoms with Crippen LogP contribution >= 0.6 is 0 Å². The van der Waals surface area contributed by atoms with Crippen LogP contribution in [0.5, 0.6) is 0 Å². The number of aromatic nitrogens is 2. The van der Waals surface area contributed by atoms with Gasteiger partial charge in [-0.1, -0.05) is 0 Å². The summed E-state index contributed by atoms with van der Waals surface area (Å²) in [6.45, 7) is 5.62. The molecule has 7 heteroatoms. The summed E-state index contributed by atoms with van der Waals surface area (Å²) in [7, 11) is -1.33. The van der Waals surface area contributed by atoms with Crippen molar-refractivity contribution in [2.45, 2.75) is 26.3 Å². The van der Waals surface area contributed by atoms with Gasteiger partial charge in [0.05, 0.1) is 24.6 Å². The predicted molar refractivity (Wildman–Crippen MR) is 72.3 cm³/mol. The summed E-state index contributed by atoms with van der Waals surface area (Å²) in [6.07, 6.45) is 1.97. The van der Waals surface area contributed by atoms with Crippen molar-refractivity contribution in [1.29, 1.82) is 0 Å². The molecule has 1 atom stereocenters. The molecule has 0 aliphatic carbocycles. The Morgan fingerprint density at radius 1 is 1.47 bits per heavy atom. The van der Waals surface area contributed by atoms with E-state index in [-0.39, 0.29) is 11.7 Å². The summed E-state index contributed by atoms with van der Waals surface area (Å²) in [6, 6.07) is 0. The van der Waals surface area contributed by atoms with Gasteiger partial charge in [-0.05, 0) is 13.8 Å². The van der Waals surface area contributed by atoms with Gasteiger partial charge in [0.25, 0.3) is 0 Å². The van der Waals surface area contributed by atoms with Crippen LogP contribution in [0.25, 0.3) is 0 Å². The number of sulfonamides is 1. The summed E-state index contributed by atoms with van der Waals surface area (Å²) in [4.78, 5) is 0.